The zero-order valence-corrected chi connectivity index (χ0v) is 11.7. The number of hydrogen-bond donors (Lipinski definition) is 0. The molecule has 0 unspecified atom stereocenters. The van der Waals surface area contributed by atoms with Crippen molar-refractivity contribution in [1.82, 2.24) is 4.98 Å². The number of ketones is 1. The number of rotatable bonds is 3. The molecule has 0 saturated heterocycles. The Morgan fingerprint density at radius 2 is 1.80 bits per heavy atom. The third-order valence-electron chi connectivity index (χ3n) is 2.67. The normalized spacial score (nSPS) is 11.4. The van der Waals surface area contributed by atoms with Crippen LogP contribution in [0.3, 0.4) is 0 Å². The standard InChI is InChI=1S/C14H9BrF3NO/c15-11-2-1-7-19-13(11)12(20)8-9-3-5-10(6-4-9)14(16,17)18/h1-7H,8H2. The fraction of sp³-hybridized carbons (Fsp3) is 0.143. The van der Waals surface area contributed by atoms with E-state index in [0.717, 1.165) is 12.1 Å². The molecule has 1 aromatic carbocycles. The number of aromatic nitrogens is 1. The quantitative estimate of drug-likeness (QED) is 0.778. The molecule has 1 aromatic heterocycles. The van der Waals surface area contributed by atoms with Crippen LogP contribution >= 0.6 is 15.9 Å². The molecule has 0 fully saturated rings. The van der Waals surface area contributed by atoms with Crippen molar-refractivity contribution in [1.29, 1.82) is 0 Å². The maximum Gasteiger partial charge on any atom is 0.416 e. The van der Waals surface area contributed by atoms with Gasteiger partial charge in [0.1, 0.15) is 5.69 Å². The SMILES string of the molecule is O=C(Cc1ccc(C(F)(F)F)cc1)c1ncccc1Br. The van der Waals surface area contributed by atoms with Gasteiger partial charge in [0.25, 0.3) is 0 Å². The van der Waals surface area contributed by atoms with Crippen LogP contribution in [0.2, 0.25) is 0 Å². The fourth-order valence-electron chi connectivity index (χ4n) is 1.67. The van der Waals surface area contributed by atoms with Gasteiger partial charge in [-0.25, -0.2) is 0 Å². The molecule has 0 aliphatic rings. The Morgan fingerprint density at radius 1 is 1.15 bits per heavy atom. The minimum Gasteiger partial charge on any atom is -0.292 e. The van der Waals surface area contributed by atoms with Crippen LogP contribution in [-0.2, 0) is 12.6 Å². The van der Waals surface area contributed by atoms with E-state index >= 15 is 0 Å². The van der Waals surface area contributed by atoms with Crippen molar-refractivity contribution in [2.75, 3.05) is 0 Å². The summed E-state index contributed by atoms with van der Waals surface area (Å²) in [6.45, 7) is 0. The van der Waals surface area contributed by atoms with E-state index in [1.807, 2.05) is 0 Å². The fourth-order valence-corrected chi connectivity index (χ4v) is 2.15. The molecular weight excluding hydrogens is 335 g/mol. The molecule has 0 spiro atoms. The lowest BCUT2D eigenvalue weighted by Gasteiger charge is -2.07. The molecule has 0 aliphatic heterocycles. The monoisotopic (exact) mass is 343 g/mol. The molecule has 0 N–H and O–H groups in total. The summed E-state index contributed by atoms with van der Waals surface area (Å²) in [7, 11) is 0. The van der Waals surface area contributed by atoms with Crippen LogP contribution in [0, 0.1) is 0 Å². The predicted molar refractivity (Wildman–Crippen MR) is 71.4 cm³/mol. The number of benzene rings is 1. The van der Waals surface area contributed by atoms with E-state index in [2.05, 4.69) is 20.9 Å². The van der Waals surface area contributed by atoms with E-state index in [1.165, 1.54) is 18.3 Å². The first-order valence-electron chi connectivity index (χ1n) is 5.68. The third-order valence-corrected chi connectivity index (χ3v) is 3.31. The summed E-state index contributed by atoms with van der Waals surface area (Å²) >= 11 is 3.22. The molecule has 0 aliphatic carbocycles. The Hall–Kier alpha value is -1.69. The highest BCUT2D eigenvalue weighted by Gasteiger charge is 2.30. The molecular formula is C14H9BrF3NO. The van der Waals surface area contributed by atoms with E-state index in [1.54, 1.807) is 12.1 Å². The molecule has 1 heterocycles. The second kappa shape index (κ2) is 5.75. The van der Waals surface area contributed by atoms with Crippen LogP contribution < -0.4 is 0 Å². The third kappa shape index (κ3) is 3.45. The number of alkyl halides is 3. The number of halogens is 4. The van der Waals surface area contributed by atoms with Crippen LogP contribution in [-0.4, -0.2) is 10.8 Å². The number of carbonyl (C=O) groups is 1. The Bertz CT molecular complexity index is 623. The van der Waals surface area contributed by atoms with E-state index in [4.69, 9.17) is 0 Å². The Labute approximate surface area is 121 Å². The minimum atomic E-state index is -4.37. The van der Waals surface area contributed by atoms with Crippen LogP contribution in [0.15, 0.2) is 47.1 Å². The molecule has 2 nitrogen and oxygen atoms in total. The first kappa shape index (κ1) is 14.7. The number of carbonyl (C=O) groups excluding carboxylic acids is 1. The van der Waals surface area contributed by atoms with Crippen LogP contribution in [0.1, 0.15) is 21.6 Å². The lowest BCUT2D eigenvalue weighted by molar-refractivity contribution is -0.137. The average molecular weight is 344 g/mol. The van der Waals surface area contributed by atoms with Gasteiger partial charge in [-0.15, -0.1) is 0 Å². The minimum absolute atomic E-state index is 0.00769. The molecule has 104 valence electrons. The van der Waals surface area contributed by atoms with Crippen molar-refractivity contribution >= 4 is 21.7 Å². The summed E-state index contributed by atoms with van der Waals surface area (Å²) in [6.07, 6.45) is -2.87. The summed E-state index contributed by atoms with van der Waals surface area (Å²) in [5.74, 6) is -0.253. The maximum atomic E-state index is 12.4. The first-order chi connectivity index (χ1) is 9.38. The van der Waals surface area contributed by atoms with E-state index in [-0.39, 0.29) is 17.9 Å². The highest BCUT2D eigenvalue weighted by atomic mass is 79.9. The van der Waals surface area contributed by atoms with Crippen LogP contribution in [0.5, 0.6) is 0 Å². The number of hydrogen-bond acceptors (Lipinski definition) is 2. The molecule has 20 heavy (non-hydrogen) atoms. The van der Waals surface area contributed by atoms with Crippen molar-refractivity contribution in [2.24, 2.45) is 0 Å². The molecule has 0 bridgehead atoms. The molecule has 2 rings (SSSR count). The number of pyridine rings is 1. The van der Waals surface area contributed by atoms with Gasteiger partial charge in [-0.2, -0.15) is 13.2 Å². The van der Waals surface area contributed by atoms with Gasteiger partial charge in [-0.1, -0.05) is 12.1 Å². The van der Waals surface area contributed by atoms with Gasteiger partial charge in [-0.3, -0.25) is 9.78 Å². The lowest BCUT2D eigenvalue weighted by atomic mass is 10.0. The van der Waals surface area contributed by atoms with Gasteiger partial charge in [0, 0.05) is 17.1 Å². The van der Waals surface area contributed by atoms with E-state index < -0.39 is 11.7 Å². The predicted octanol–water partition coefficient (Wildman–Crippen LogP) is 4.29. The van der Waals surface area contributed by atoms with E-state index in [0.29, 0.717) is 10.0 Å². The average Bonchev–Trinajstić information content (AvgIpc) is 2.38. The molecule has 0 atom stereocenters. The Balaban J connectivity index is 2.15. The second-order valence-corrected chi connectivity index (χ2v) is 4.98. The molecule has 6 heteroatoms. The molecule has 0 radical (unpaired) electrons. The second-order valence-electron chi connectivity index (χ2n) is 4.13. The molecule has 0 amide bonds. The zero-order valence-electron chi connectivity index (χ0n) is 10.1. The van der Waals surface area contributed by atoms with Crippen LogP contribution in [0.25, 0.3) is 0 Å². The van der Waals surface area contributed by atoms with E-state index in [9.17, 15) is 18.0 Å². The first-order valence-corrected chi connectivity index (χ1v) is 6.47. The van der Waals surface area contributed by atoms with Crippen molar-refractivity contribution in [3.63, 3.8) is 0 Å². The van der Waals surface area contributed by atoms with Crippen molar-refractivity contribution < 1.29 is 18.0 Å². The van der Waals surface area contributed by atoms with Gasteiger partial charge in [0.2, 0.25) is 0 Å². The maximum absolute atomic E-state index is 12.4. The highest BCUT2D eigenvalue weighted by Crippen LogP contribution is 2.29. The Morgan fingerprint density at radius 3 is 2.35 bits per heavy atom. The molecule has 0 saturated carbocycles. The number of nitrogens with zero attached hydrogens (tertiary/aromatic N) is 1. The highest BCUT2D eigenvalue weighted by molar-refractivity contribution is 9.10. The summed E-state index contributed by atoms with van der Waals surface area (Å²) < 4.78 is 37.8. The summed E-state index contributed by atoms with van der Waals surface area (Å²) in [5, 5.41) is 0. The van der Waals surface area contributed by atoms with Gasteiger partial charge < -0.3 is 0 Å². The summed E-state index contributed by atoms with van der Waals surface area (Å²) in [4.78, 5) is 16.0. The number of Topliss-reactive ketones (excluding diaryl/α,β-unsaturated/α-hetero) is 1. The lowest BCUT2D eigenvalue weighted by Crippen LogP contribution is -2.08. The Kier molecular flexibility index (Phi) is 4.23. The van der Waals surface area contributed by atoms with Crippen molar-refractivity contribution in [3.05, 3.63) is 63.9 Å². The van der Waals surface area contributed by atoms with Gasteiger partial charge in [0.05, 0.1) is 5.56 Å². The molecule has 2 aromatic rings. The van der Waals surface area contributed by atoms with Gasteiger partial charge >= 0.3 is 6.18 Å². The van der Waals surface area contributed by atoms with Gasteiger partial charge in [0.15, 0.2) is 5.78 Å². The zero-order chi connectivity index (χ0) is 14.8. The van der Waals surface area contributed by atoms with Gasteiger partial charge in [-0.05, 0) is 45.8 Å². The smallest absolute Gasteiger partial charge is 0.292 e. The van der Waals surface area contributed by atoms with Crippen molar-refractivity contribution in [2.45, 2.75) is 12.6 Å². The largest absolute Gasteiger partial charge is 0.416 e. The van der Waals surface area contributed by atoms with Crippen molar-refractivity contribution in [3.8, 4) is 0 Å². The topological polar surface area (TPSA) is 30.0 Å². The summed E-state index contributed by atoms with van der Waals surface area (Å²) in [6, 6.07) is 7.91. The summed E-state index contributed by atoms with van der Waals surface area (Å²) in [5.41, 5.74) is 0.0562. The van der Waals surface area contributed by atoms with Crippen LogP contribution in [0.4, 0.5) is 13.2 Å².